The maximum Gasteiger partial charge on any atom is 0.354 e. The Bertz CT molecular complexity index is 491. The lowest BCUT2D eigenvalue weighted by Gasteiger charge is -2.05. The van der Waals surface area contributed by atoms with Crippen LogP contribution in [-0.2, 0) is 0 Å². The lowest BCUT2D eigenvalue weighted by molar-refractivity contribution is 0.0690. The van der Waals surface area contributed by atoms with Crippen molar-refractivity contribution in [1.82, 2.24) is 14.8 Å². The molecule has 0 spiro atoms. The van der Waals surface area contributed by atoms with Crippen LogP contribution in [0.1, 0.15) is 16.2 Å². The van der Waals surface area contributed by atoms with E-state index in [4.69, 9.17) is 5.11 Å². The molecule has 1 N–H and O–H groups in total. The molecule has 0 saturated carbocycles. The standard InChI is InChI=1S/C10H9N3O2/c1-7-9(13-6-2-5-11-13)4-3-8(12-7)10(14)15/h2-6H,1H3,(H,14,15). The Morgan fingerprint density at radius 1 is 1.47 bits per heavy atom. The first-order chi connectivity index (χ1) is 7.18. The van der Waals surface area contributed by atoms with Crippen LogP contribution in [0.5, 0.6) is 0 Å². The minimum absolute atomic E-state index is 0.0448. The number of carboxylic acids is 1. The maximum absolute atomic E-state index is 10.7. The Balaban J connectivity index is 2.48. The van der Waals surface area contributed by atoms with Gasteiger partial charge in [0.25, 0.3) is 0 Å². The lowest BCUT2D eigenvalue weighted by Crippen LogP contribution is -2.05. The fourth-order valence-electron chi connectivity index (χ4n) is 1.33. The molecule has 0 bridgehead atoms. The highest BCUT2D eigenvalue weighted by Gasteiger charge is 2.08. The molecular weight excluding hydrogens is 194 g/mol. The van der Waals surface area contributed by atoms with Crippen molar-refractivity contribution in [3.8, 4) is 5.69 Å². The van der Waals surface area contributed by atoms with E-state index in [1.165, 1.54) is 6.07 Å². The molecule has 2 aromatic heterocycles. The highest BCUT2D eigenvalue weighted by atomic mass is 16.4. The zero-order valence-corrected chi connectivity index (χ0v) is 8.08. The summed E-state index contributed by atoms with van der Waals surface area (Å²) in [4.78, 5) is 14.6. The predicted octanol–water partition coefficient (Wildman–Crippen LogP) is 1.27. The minimum atomic E-state index is -1.02. The van der Waals surface area contributed by atoms with Crippen LogP contribution in [0, 0.1) is 6.92 Å². The number of rotatable bonds is 2. The maximum atomic E-state index is 10.7. The molecule has 0 aliphatic heterocycles. The molecule has 5 nitrogen and oxygen atoms in total. The van der Waals surface area contributed by atoms with Crippen molar-refractivity contribution in [2.75, 3.05) is 0 Å². The van der Waals surface area contributed by atoms with Crippen LogP contribution in [0.25, 0.3) is 5.69 Å². The van der Waals surface area contributed by atoms with Crippen molar-refractivity contribution in [2.24, 2.45) is 0 Å². The summed E-state index contributed by atoms with van der Waals surface area (Å²) in [5.41, 5.74) is 1.46. The monoisotopic (exact) mass is 203 g/mol. The van der Waals surface area contributed by atoms with Crippen LogP contribution in [0.2, 0.25) is 0 Å². The molecule has 0 unspecified atom stereocenters. The molecule has 15 heavy (non-hydrogen) atoms. The number of nitrogens with zero attached hydrogens (tertiary/aromatic N) is 3. The molecule has 0 aliphatic rings. The van der Waals surface area contributed by atoms with Gasteiger partial charge in [0, 0.05) is 12.4 Å². The second-order valence-corrected chi connectivity index (χ2v) is 3.06. The molecule has 5 heteroatoms. The number of hydrogen-bond acceptors (Lipinski definition) is 3. The Labute approximate surface area is 86.0 Å². The molecule has 0 radical (unpaired) electrons. The Kier molecular flexibility index (Phi) is 2.21. The first-order valence-electron chi connectivity index (χ1n) is 4.39. The van der Waals surface area contributed by atoms with Gasteiger partial charge < -0.3 is 5.11 Å². The van der Waals surface area contributed by atoms with Gasteiger partial charge in [-0.3, -0.25) is 0 Å². The van der Waals surface area contributed by atoms with Crippen LogP contribution in [-0.4, -0.2) is 25.8 Å². The van der Waals surface area contributed by atoms with Gasteiger partial charge in [-0.05, 0) is 25.1 Å². The highest BCUT2D eigenvalue weighted by molar-refractivity contribution is 5.85. The lowest BCUT2D eigenvalue weighted by atomic mass is 10.2. The first-order valence-corrected chi connectivity index (χ1v) is 4.39. The summed E-state index contributed by atoms with van der Waals surface area (Å²) < 4.78 is 1.65. The molecule has 0 aliphatic carbocycles. The van der Waals surface area contributed by atoms with Gasteiger partial charge in [-0.25, -0.2) is 14.5 Å². The third-order valence-corrected chi connectivity index (χ3v) is 2.03. The fraction of sp³-hybridized carbons (Fsp3) is 0.100. The van der Waals surface area contributed by atoms with Crippen LogP contribution in [0.4, 0.5) is 0 Å². The van der Waals surface area contributed by atoms with Gasteiger partial charge in [-0.2, -0.15) is 5.10 Å². The van der Waals surface area contributed by atoms with Crippen molar-refractivity contribution in [3.05, 3.63) is 42.0 Å². The highest BCUT2D eigenvalue weighted by Crippen LogP contribution is 2.11. The summed E-state index contributed by atoms with van der Waals surface area (Å²) in [7, 11) is 0. The quantitative estimate of drug-likeness (QED) is 0.798. The normalized spacial score (nSPS) is 10.2. The number of aromatic carboxylic acids is 1. The number of hydrogen-bond donors (Lipinski definition) is 1. The zero-order chi connectivity index (χ0) is 10.8. The summed E-state index contributed by atoms with van der Waals surface area (Å²) in [5, 5.41) is 12.8. The van der Waals surface area contributed by atoms with E-state index in [0.717, 1.165) is 5.69 Å². The smallest absolute Gasteiger partial charge is 0.354 e. The van der Waals surface area contributed by atoms with Crippen molar-refractivity contribution >= 4 is 5.97 Å². The van der Waals surface area contributed by atoms with Gasteiger partial charge in [0.05, 0.1) is 11.4 Å². The van der Waals surface area contributed by atoms with E-state index in [1.54, 1.807) is 36.1 Å². The summed E-state index contributed by atoms with van der Waals surface area (Å²) in [6, 6.07) is 4.95. The Morgan fingerprint density at radius 2 is 2.27 bits per heavy atom. The van der Waals surface area contributed by atoms with Gasteiger partial charge in [0.15, 0.2) is 0 Å². The largest absolute Gasteiger partial charge is 0.477 e. The number of aryl methyl sites for hydroxylation is 1. The molecule has 2 heterocycles. The number of aromatic nitrogens is 3. The van der Waals surface area contributed by atoms with E-state index in [0.29, 0.717) is 5.69 Å². The van der Waals surface area contributed by atoms with Gasteiger partial charge in [0.2, 0.25) is 0 Å². The van der Waals surface area contributed by atoms with E-state index in [-0.39, 0.29) is 5.69 Å². The summed E-state index contributed by atoms with van der Waals surface area (Å²) >= 11 is 0. The number of pyridine rings is 1. The second kappa shape index (κ2) is 3.53. The minimum Gasteiger partial charge on any atom is -0.477 e. The van der Waals surface area contributed by atoms with Gasteiger partial charge in [-0.1, -0.05) is 0 Å². The van der Waals surface area contributed by atoms with Crippen LogP contribution >= 0.6 is 0 Å². The molecule has 0 amide bonds. The van der Waals surface area contributed by atoms with Crippen molar-refractivity contribution in [1.29, 1.82) is 0 Å². The SMILES string of the molecule is Cc1nc(C(=O)O)ccc1-n1cccn1. The van der Waals surface area contributed by atoms with Gasteiger partial charge in [0.1, 0.15) is 5.69 Å². The van der Waals surface area contributed by atoms with E-state index < -0.39 is 5.97 Å². The third kappa shape index (κ3) is 1.71. The molecule has 0 saturated heterocycles. The Hall–Kier alpha value is -2.17. The fourth-order valence-corrected chi connectivity index (χ4v) is 1.33. The van der Waals surface area contributed by atoms with E-state index in [1.807, 2.05) is 0 Å². The average molecular weight is 203 g/mol. The van der Waals surface area contributed by atoms with Crippen molar-refractivity contribution in [3.63, 3.8) is 0 Å². The first kappa shape index (κ1) is 9.39. The van der Waals surface area contributed by atoms with E-state index >= 15 is 0 Å². The van der Waals surface area contributed by atoms with Gasteiger partial charge >= 0.3 is 5.97 Å². The molecular formula is C10H9N3O2. The van der Waals surface area contributed by atoms with Crippen LogP contribution < -0.4 is 0 Å². The number of carbonyl (C=O) groups is 1. The third-order valence-electron chi connectivity index (χ3n) is 2.03. The summed E-state index contributed by atoms with van der Waals surface area (Å²) in [6.07, 6.45) is 3.44. The van der Waals surface area contributed by atoms with E-state index in [9.17, 15) is 4.79 Å². The van der Waals surface area contributed by atoms with Crippen LogP contribution in [0.3, 0.4) is 0 Å². The van der Waals surface area contributed by atoms with Crippen molar-refractivity contribution < 1.29 is 9.90 Å². The topological polar surface area (TPSA) is 68.0 Å². The van der Waals surface area contributed by atoms with Crippen LogP contribution in [0.15, 0.2) is 30.6 Å². The van der Waals surface area contributed by atoms with E-state index in [2.05, 4.69) is 10.1 Å². The molecule has 2 rings (SSSR count). The molecule has 0 aromatic carbocycles. The molecule has 2 aromatic rings. The van der Waals surface area contributed by atoms with Crippen molar-refractivity contribution in [2.45, 2.75) is 6.92 Å². The second-order valence-electron chi connectivity index (χ2n) is 3.06. The molecule has 0 atom stereocenters. The summed E-state index contributed by atoms with van der Waals surface area (Å²) in [6.45, 7) is 1.75. The zero-order valence-electron chi connectivity index (χ0n) is 8.08. The summed E-state index contributed by atoms with van der Waals surface area (Å²) in [5.74, 6) is -1.02. The molecule has 76 valence electrons. The average Bonchev–Trinajstić information content (AvgIpc) is 2.70. The predicted molar refractivity (Wildman–Crippen MR) is 53.1 cm³/mol. The van der Waals surface area contributed by atoms with Gasteiger partial charge in [-0.15, -0.1) is 0 Å². The Morgan fingerprint density at radius 3 is 2.80 bits per heavy atom. The number of carboxylic acid groups (broad SMARTS) is 1. The molecule has 0 fully saturated rings.